The third-order valence-corrected chi connectivity index (χ3v) is 3.07. The van der Waals surface area contributed by atoms with E-state index in [2.05, 4.69) is 9.97 Å². The van der Waals surface area contributed by atoms with Crippen LogP contribution in [0.15, 0.2) is 23.0 Å². The minimum absolute atomic E-state index is 0.0604. The number of nitrogens with one attached hydrogen (secondary N) is 1. The molecule has 0 aliphatic carbocycles. The number of benzene rings is 1. The van der Waals surface area contributed by atoms with Crippen LogP contribution in [0.5, 0.6) is 0 Å². The van der Waals surface area contributed by atoms with Gasteiger partial charge in [-0.15, -0.1) is 0 Å². The van der Waals surface area contributed by atoms with E-state index in [-0.39, 0.29) is 17.5 Å². The van der Waals surface area contributed by atoms with Gasteiger partial charge in [-0.2, -0.15) is 0 Å². The fourth-order valence-corrected chi connectivity index (χ4v) is 1.82. The monoisotopic (exact) mass is 279 g/mol. The van der Waals surface area contributed by atoms with Gasteiger partial charge in [0.25, 0.3) is 5.56 Å². The summed E-state index contributed by atoms with van der Waals surface area (Å²) in [5.41, 5.74) is 0.327. The summed E-state index contributed by atoms with van der Waals surface area (Å²) in [5, 5.41) is 0. The first-order valence-corrected chi connectivity index (χ1v) is 6.10. The molecule has 106 valence electrons. The molecule has 4 nitrogen and oxygen atoms in total. The lowest BCUT2D eigenvalue weighted by atomic mass is 10.1. The standard InChI is InChI=1S/C14H15F2N3O/c1-8-12(17-14(19(2)3)18-13(8)20)7-9-10(15)5-4-6-11(9)16/h4-6H,7H2,1-3H3,(H,17,18,20). The Kier molecular flexibility index (Phi) is 3.83. The van der Waals surface area contributed by atoms with E-state index in [4.69, 9.17) is 0 Å². The molecular weight excluding hydrogens is 264 g/mol. The molecule has 0 amide bonds. The Morgan fingerprint density at radius 3 is 2.40 bits per heavy atom. The zero-order valence-corrected chi connectivity index (χ0v) is 11.5. The van der Waals surface area contributed by atoms with Crippen molar-refractivity contribution in [3.05, 3.63) is 57.0 Å². The molecule has 1 aromatic heterocycles. The predicted molar refractivity (Wildman–Crippen MR) is 73.1 cm³/mol. The van der Waals surface area contributed by atoms with Gasteiger partial charge in [-0.1, -0.05) is 6.07 Å². The van der Waals surface area contributed by atoms with Crippen molar-refractivity contribution in [3.8, 4) is 0 Å². The molecule has 0 spiro atoms. The van der Waals surface area contributed by atoms with E-state index in [1.807, 2.05) is 0 Å². The van der Waals surface area contributed by atoms with Crippen molar-refractivity contribution in [1.82, 2.24) is 9.97 Å². The van der Waals surface area contributed by atoms with Crippen molar-refractivity contribution >= 4 is 5.95 Å². The Morgan fingerprint density at radius 2 is 1.85 bits per heavy atom. The highest BCUT2D eigenvalue weighted by Gasteiger charge is 2.14. The maximum Gasteiger partial charge on any atom is 0.255 e. The molecule has 0 saturated heterocycles. The molecule has 0 bridgehead atoms. The first-order chi connectivity index (χ1) is 9.40. The van der Waals surface area contributed by atoms with Gasteiger partial charge in [0, 0.05) is 31.6 Å². The van der Waals surface area contributed by atoms with Crippen LogP contribution in [-0.4, -0.2) is 24.1 Å². The van der Waals surface area contributed by atoms with Gasteiger partial charge < -0.3 is 4.90 Å². The van der Waals surface area contributed by atoms with Crippen molar-refractivity contribution in [2.75, 3.05) is 19.0 Å². The minimum Gasteiger partial charge on any atom is -0.348 e. The van der Waals surface area contributed by atoms with Crippen molar-refractivity contribution < 1.29 is 8.78 Å². The molecule has 0 aliphatic heterocycles. The van der Waals surface area contributed by atoms with Gasteiger partial charge in [-0.25, -0.2) is 13.8 Å². The predicted octanol–water partition coefficient (Wildman–Crippen LogP) is 2.01. The molecule has 6 heteroatoms. The third-order valence-electron chi connectivity index (χ3n) is 3.07. The summed E-state index contributed by atoms with van der Waals surface area (Å²) in [6.45, 7) is 1.58. The van der Waals surface area contributed by atoms with E-state index in [1.54, 1.807) is 25.9 Å². The van der Waals surface area contributed by atoms with Crippen LogP contribution in [0.3, 0.4) is 0 Å². The smallest absolute Gasteiger partial charge is 0.255 e. The summed E-state index contributed by atoms with van der Waals surface area (Å²) >= 11 is 0. The van der Waals surface area contributed by atoms with Crippen LogP contribution in [0.4, 0.5) is 14.7 Å². The Balaban J connectivity index is 2.51. The number of aromatic nitrogens is 2. The maximum atomic E-state index is 13.7. The number of nitrogens with zero attached hydrogens (tertiary/aromatic N) is 2. The summed E-state index contributed by atoms with van der Waals surface area (Å²) in [4.78, 5) is 20.3. The lowest BCUT2D eigenvalue weighted by molar-refractivity contribution is 0.560. The Labute approximate surface area is 115 Å². The molecule has 0 aliphatic rings. The molecule has 1 aromatic carbocycles. The van der Waals surface area contributed by atoms with Crippen LogP contribution >= 0.6 is 0 Å². The highest BCUT2D eigenvalue weighted by atomic mass is 19.1. The Bertz CT molecular complexity index is 675. The summed E-state index contributed by atoms with van der Waals surface area (Å²) in [5.74, 6) is -0.928. The van der Waals surface area contributed by atoms with Gasteiger partial charge >= 0.3 is 0 Å². The van der Waals surface area contributed by atoms with Gasteiger partial charge in [-0.3, -0.25) is 9.78 Å². The molecule has 0 saturated carbocycles. The molecule has 20 heavy (non-hydrogen) atoms. The van der Waals surface area contributed by atoms with E-state index in [1.165, 1.54) is 18.2 Å². The first-order valence-electron chi connectivity index (χ1n) is 6.10. The molecule has 0 unspecified atom stereocenters. The number of anilines is 1. The van der Waals surface area contributed by atoms with E-state index >= 15 is 0 Å². The number of H-pyrrole nitrogens is 1. The summed E-state index contributed by atoms with van der Waals surface area (Å²) in [7, 11) is 3.45. The van der Waals surface area contributed by atoms with E-state index < -0.39 is 11.6 Å². The normalized spacial score (nSPS) is 10.7. The third kappa shape index (κ3) is 2.68. The van der Waals surface area contributed by atoms with Gasteiger partial charge in [0.1, 0.15) is 11.6 Å². The van der Waals surface area contributed by atoms with Gasteiger partial charge in [-0.05, 0) is 19.1 Å². The number of halogens is 2. The van der Waals surface area contributed by atoms with Gasteiger partial charge in [0.05, 0.1) is 5.69 Å². The Morgan fingerprint density at radius 1 is 1.25 bits per heavy atom. The number of rotatable bonds is 3. The second-order valence-electron chi connectivity index (χ2n) is 4.73. The average molecular weight is 279 g/mol. The summed E-state index contributed by atoms with van der Waals surface area (Å²) in [6, 6.07) is 3.68. The van der Waals surface area contributed by atoms with Crippen LogP contribution in [-0.2, 0) is 6.42 Å². The van der Waals surface area contributed by atoms with Crippen LogP contribution in [0.25, 0.3) is 0 Å². The summed E-state index contributed by atoms with van der Waals surface area (Å²) in [6.07, 6.45) is -0.0604. The SMILES string of the molecule is Cc1c(Cc2c(F)cccc2F)nc(N(C)C)[nH]c1=O. The van der Waals surface area contributed by atoms with Crippen LogP contribution < -0.4 is 10.5 Å². The van der Waals surface area contributed by atoms with Gasteiger partial charge in [0.15, 0.2) is 0 Å². The highest BCUT2D eigenvalue weighted by molar-refractivity contribution is 5.34. The maximum absolute atomic E-state index is 13.7. The second kappa shape index (κ2) is 5.40. The molecule has 1 heterocycles. The van der Waals surface area contributed by atoms with Crippen molar-refractivity contribution in [2.45, 2.75) is 13.3 Å². The largest absolute Gasteiger partial charge is 0.348 e. The second-order valence-corrected chi connectivity index (χ2v) is 4.73. The molecule has 1 N–H and O–H groups in total. The molecular formula is C14H15F2N3O. The summed E-state index contributed by atoms with van der Waals surface area (Å²) < 4.78 is 27.3. The number of aromatic amines is 1. The molecule has 0 fully saturated rings. The fourth-order valence-electron chi connectivity index (χ4n) is 1.82. The minimum atomic E-state index is -0.641. The van der Waals surface area contributed by atoms with Crippen LogP contribution in [0.1, 0.15) is 16.8 Å². The Hall–Kier alpha value is -2.24. The zero-order valence-electron chi connectivity index (χ0n) is 11.5. The number of hydrogen-bond donors (Lipinski definition) is 1. The fraction of sp³-hybridized carbons (Fsp3) is 0.286. The first kappa shape index (κ1) is 14.2. The van der Waals surface area contributed by atoms with Crippen LogP contribution in [0, 0.1) is 18.6 Å². The molecule has 0 atom stereocenters. The molecule has 0 radical (unpaired) electrons. The van der Waals surface area contributed by atoms with E-state index in [0.29, 0.717) is 17.2 Å². The van der Waals surface area contributed by atoms with Crippen molar-refractivity contribution in [1.29, 1.82) is 0 Å². The lowest BCUT2D eigenvalue weighted by Crippen LogP contribution is -2.22. The van der Waals surface area contributed by atoms with Crippen LogP contribution in [0.2, 0.25) is 0 Å². The lowest BCUT2D eigenvalue weighted by Gasteiger charge is -2.13. The average Bonchev–Trinajstić information content (AvgIpc) is 2.38. The highest BCUT2D eigenvalue weighted by Crippen LogP contribution is 2.17. The molecule has 2 aromatic rings. The molecule has 2 rings (SSSR count). The quantitative estimate of drug-likeness (QED) is 0.935. The van der Waals surface area contributed by atoms with Crippen molar-refractivity contribution in [2.24, 2.45) is 0 Å². The van der Waals surface area contributed by atoms with E-state index in [0.717, 1.165) is 0 Å². The zero-order chi connectivity index (χ0) is 14.9. The van der Waals surface area contributed by atoms with E-state index in [9.17, 15) is 13.6 Å². The topological polar surface area (TPSA) is 49.0 Å². The van der Waals surface area contributed by atoms with Crippen molar-refractivity contribution in [3.63, 3.8) is 0 Å². The number of hydrogen-bond acceptors (Lipinski definition) is 3. The van der Waals surface area contributed by atoms with Gasteiger partial charge in [0.2, 0.25) is 5.95 Å².